The molecule has 4 heteroatoms. The van der Waals surface area contributed by atoms with Gasteiger partial charge in [0.2, 0.25) is 0 Å². The predicted octanol–water partition coefficient (Wildman–Crippen LogP) is 0.832. The topological polar surface area (TPSA) is 87.3 Å². The average molecular weight is 167 g/mol. The Balaban J connectivity index is 3.08. The number of benzene rings is 1. The normalized spacial score (nSPS) is 9.75. The summed E-state index contributed by atoms with van der Waals surface area (Å²) in [4.78, 5) is 0. The summed E-state index contributed by atoms with van der Waals surface area (Å²) in [6.45, 7) is 2.44. The molecule has 0 heterocycles. The molecule has 0 aliphatic heterocycles. The summed E-state index contributed by atoms with van der Waals surface area (Å²) in [6, 6.07) is 3.39. The molecule has 0 aliphatic carbocycles. The van der Waals surface area contributed by atoms with Crippen molar-refractivity contribution in [3.8, 4) is 5.75 Å². The number of hydrogen-bond acceptors (Lipinski definition) is 4. The van der Waals surface area contributed by atoms with Gasteiger partial charge in [0, 0.05) is 0 Å². The van der Waals surface area contributed by atoms with Crippen molar-refractivity contribution in [2.24, 2.45) is 0 Å². The Labute approximate surface area is 71.3 Å². The van der Waals surface area contributed by atoms with Crippen LogP contribution in [0.25, 0.3) is 0 Å². The van der Waals surface area contributed by atoms with Crippen LogP contribution in [0, 0.1) is 0 Å². The Bertz CT molecular complexity index is 286. The first kappa shape index (κ1) is 8.52. The van der Waals surface area contributed by atoms with Gasteiger partial charge in [0.25, 0.3) is 0 Å². The quantitative estimate of drug-likeness (QED) is 0.569. The van der Waals surface area contributed by atoms with Gasteiger partial charge in [-0.15, -0.1) is 0 Å². The number of nitrogen functional groups attached to an aromatic ring is 3. The van der Waals surface area contributed by atoms with Crippen molar-refractivity contribution in [2.45, 2.75) is 6.92 Å². The standard InChI is InChI=1S/C8H13N3O/c1-2-12-6-4-3-5(9)7(10)8(6)11/h3-4H,2,9-11H2,1H3. The minimum atomic E-state index is 0.390. The second-order valence-corrected chi connectivity index (χ2v) is 2.41. The van der Waals surface area contributed by atoms with E-state index in [0.717, 1.165) is 0 Å². The Morgan fingerprint density at radius 2 is 1.83 bits per heavy atom. The van der Waals surface area contributed by atoms with E-state index in [1.165, 1.54) is 0 Å². The molecule has 1 aromatic carbocycles. The first-order valence-corrected chi connectivity index (χ1v) is 3.73. The predicted molar refractivity (Wildman–Crippen MR) is 50.8 cm³/mol. The summed E-state index contributed by atoms with van der Waals surface area (Å²) >= 11 is 0. The van der Waals surface area contributed by atoms with E-state index in [1.54, 1.807) is 12.1 Å². The molecule has 66 valence electrons. The maximum absolute atomic E-state index is 5.64. The van der Waals surface area contributed by atoms with Crippen LogP contribution in [0.4, 0.5) is 17.1 Å². The Morgan fingerprint density at radius 1 is 1.17 bits per heavy atom. The van der Waals surface area contributed by atoms with Gasteiger partial charge in [-0.3, -0.25) is 0 Å². The van der Waals surface area contributed by atoms with Gasteiger partial charge in [-0.1, -0.05) is 0 Å². The Kier molecular flexibility index (Phi) is 2.28. The van der Waals surface area contributed by atoms with Gasteiger partial charge in [-0.2, -0.15) is 0 Å². The Morgan fingerprint density at radius 3 is 2.42 bits per heavy atom. The maximum Gasteiger partial charge on any atom is 0.144 e. The Hall–Kier alpha value is -1.58. The number of rotatable bonds is 2. The second-order valence-electron chi connectivity index (χ2n) is 2.41. The van der Waals surface area contributed by atoms with Crippen LogP contribution in [0.15, 0.2) is 12.1 Å². The van der Waals surface area contributed by atoms with Crippen LogP contribution in [0.3, 0.4) is 0 Å². The molecule has 0 saturated carbocycles. The highest BCUT2D eigenvalue weighted by Gasteiger charge is 2.05. The fraction of sp³-hybridized carbons (Fsp3) is 0.250. The van der Waals surface area contributed by atoms with Crippen LogP contribution >= 0.6 is 0 Å². The van der Waals surface area contributed by atoms with Crippen molar-refractivity contribution >= 4 is 17.1 Å². The zero-order valence-electron chi connectivity index (χ0n) is 7.00. The summed E-state index contributed by atoms with van der Waals surface area (Å²) in [5.41, 5.74) is 18.0. The lowest BCUT2D eigenvalue weighted by Crippen LogP contribution is -2.03. The first-order chi connectivity index (χ1) is 5.66. The van der Waals surface area contributed by atoms with Crippen molar-refractivity contribution in [3.63, 3.8) is 0 Å². The molecule has 0 saturated heterocycles. The highest BCUT2D eigenvalue weighted by molar-refractivity contribution is 5.81. The third kappa shape index (κ3) is 1.37. The number of anilines is 3. The van der Waals surface area contributed by atoms with Crippen molar-refractivity contribution in [2.75, 3.05) is 23.8 Å². The zero-order valence-corrected chi connectivity index (χ0v) is 7.00. The van der Waals surface area contributed by atoms with Crippen LogP contribution in [0.1, 0.15) is 6.92 Å². The van der Waals surface area contributed by atoms with E-state index in [4.69, 9.17) is 21.9 Å². The lowest BCUT2D eigenvalue weighted by Gasteiger charge is -2.09. The molecule has 0 radical (unpaired) electrons. The van der Waals surface area contributed by atoms with Crippen LogP contribution in [0.5, 0.6) is 5.75 Å². The van der Waals surface area contributed by atoms with E-state index in [-0.39, 0.29) is 0 Å². The fourth-order valence-corrected chi connectivity index (χ4v) is 0.915. The van der Waals surface area contributed by atoms with Gasteiger partial charge in [-0.05, 0) is 19.1 Å². The highest BCUT2D eigenvalue weighted by Crippen LogP contribution is 2.31. The smallest absolute Gasteiger partial charge is 0.144 e. The monoisotopic (exact) mass is 167 g/mol. The van der Waals surface area contributed by atoms with Gasteiger partial charge in [0.05, 0.1) is 23.7 Å². The van der Waals surface area contributed by atoms with Crippen molar-refractivity contribution in [1.29, 1.82) is 0 Å². The van der Waals surface area contributed by atoms with Crippen molar-refractivity contribution < 1.29 is 4.74 Å². The first-order valence-electron chi connectivity index (χ1n) is 3.73. The summed E-state index contributed by atoms with van der Waals surface area (Å²) in [5.74, 6) is 0.587. The van der Waals surface area contributed by atoms with E-state index in [0.29, 0.717) is 29.4 Å². The number of nitrogens with two attached hydrogens (primary N) is 3. The lowest BCUT2D eigenvalue weighted by atomic mass is 10.2. The summed E-state index contributed by atoms with van der Waals surface area (Å²) < 4.78 is 5.21. The molecular weight excluding hydrogens is 154 g/mol. The van der Waals surface area contributed by atoms with E-state index in [2.05, 4.69) is 0 Å². The second kappa shape index (κ2) is 3.21. The molecule has 0 fully saturated rings. The molecule has 0 spiro atoms. The molecule has 1 rings (SSSR count). The third-order valence-electron chi connectivity index (χ3n) is 1.58. The van der Waals surface area contributed by atoms with Crippen LogP contribution in [-0.2, 0) is 0 Å². The maximum atomic E-state index is 5.64. The zero-order chi connectivity index (χ0) is 9.14. The van der Waals surface area contributed by atoms with Crippen LogP contribution in [0.2, 0.25) is 0 Å². The molecule has 0 amide bonds. The van der Waals surface area contributed by atoms with Crippen molar-refractivity contribution in [3.05, 3.63) is 12.1 Å². The largest absolute Gasteiger partial charge is 0.492 e. The van der Waals surface area contributed by atoms with Crippen LogP contribution in [-0.4, -0.2) is 6.61 Å². The number of hydrogen-bond donors (Lipinski definition) is 3. The van der Waals surface area contributed by atoms with Crippen molar-refractivity contribution in [1.82, 2.24) is 0 Å². The molecule has 0 unspecified atom stereocenters. The molecule has 6 N–H and O–H groups in total. The van der Waals surface area contributed by atoms with Gasteiger partial charge in [-0.25, -0.2) is 0 Å². The van der Waals surface area contributed by atoms with Gasteiger partial charge >= 0.3 is 0 Å². The average Bonchev–Trinajstić information content (AvgIpc) is 2.07. The molecule has 0 aromatic heterocycles. The molecule has 0 atom stereocenters. The summed E-state index contributed by atoms with van der Waals surface area (Å²) in [7, 11) is 0. The van der Waals surface area contributed by atoms with E-state index in [1.807, 2.05) is 6.92 Å². The van der Waals surface area contributed by atoms with E-state index in [9.17, 15) is 0 Å². The molecular formula is C8H13N3O. The van der Waals surface area contributed by atoms with E-state index >= 15 is 0 Å². The number of ether oxygens (including phenoxy) is 1. The van der Waals surface area contributed by atoms with Crippen LogP contribution < -0.4 is 21.9 Å². The molecule has 1 aromatic rings. The minimum Gasteiger partial charge on any atom is -0.492 e. The van der Waals surface area contributed by atoms with Gasteiger partial charge < -0.3 is 21.9 Å². The fourth-order valence-electron chi connectivity index (χ4n) is 0.915. The summed E-state index contributed by atoms with van der Waals surface area (Å²) in [5, 5.41) is 0. The highest BCUT2D eigenvalue weighted by atomic mass is 16.5. The minimum absolute atomic E-state index is 0.390. The molecule has 0 aliphatic rings. The van der Waals surface area contributed by atoms with Gasteiger partial charge in [0.15, 0.2) is 0 Å². The van der Waals surface area contributed by atoms with Gasteiger partial charge in [0.1, 0.15) is 5.75 Å². The summed E-state index contributed by atoms with van der Waals surface area (Å²) in [6.07, 6.45) is 0. The SMILES string of the molecule is CCOc1ccc(N)c(N)c1N. The van der Waals surface area contributed by atoms with E-state index < -0.39 is 0 Å². The third-order valence-corrected chi connectivity index (χ3v) is 1.58. The lowest BCUT2D eigenvalue weighted by molar-refractivity contribution is 0.342. The molecule has 4 nitrogen and oxygen atoms in total. The molecule has 12 heavy (non-hydrogen) atoms. The molecule has 0 bridgehead atoms.